The van der Waals surface area contributed by atoms with Gasteiger partial charge in [0.25, 0.3) is 0 Å². The number of ether oxygens (including phenoxy) is 1. The summed E-state index contributed by atoms with van der Waals surface area (Å²) in [5.74, 6) is -0.364. The number of amides is 1. The van der Waals surface area contributed by atoms with Crippen LogP contribution in [0.15, 0.2) is 27.4 Å². The number of carboxylic acid groups (broad SMARTS) is 1. The van der Waals surface area contributed by atoms with Crippen LogP contribution >= 0.6 is 0 Å². The molecule has 1 aromatic carbocycles. The number of hydrogen-bond donors (Lipinski definition) is 2. The van der Waals surface area contributed by atoms with Gasteiger partial charge in [0.2, 0.25) is 5.91 Å². The van der Waals surface area contributed by atoms with Crippen LogP contribution in [0.4, 0.5) is 0 Å². The number of aryl methyl sites for hydroxylation is 1. The first-order chi connectivity index (χ1) is 13.4. The molecule has 0 bridgehead atoms. The van der Waals surface area contributed by atoms with E-state index in [1.807, 2.05) is 13.0 Å². The zero-order chi connectivity index (χ0) is 20.3. The SMILES string of the molecule is COc1ccc2c(C)c(CC(=O)NCC3CCC(C(=O)O)CC3)c(=O)oc2c1. The van der Waals surface area contributed by atoms with Gasteiger partial charge in [-0.3, -0.25) is 9.59 Å². The molecule has 0 radical (unpaired) electrons. The van der Waals surface area contributed by atoms with Crippen molar-refractivity contribution in [3.63, 3.8) is 0 Å². The van der Waals surface area contributed by atoms with E-state index in [9.17, 15) is 14.4 Å². The van der Waals surface area contributed by atoms with E-state index >= 15 is 0 Å². The van der Waals surface area contributed by atoms with Crippen molar-refractivity contribution in [3.05, 3.63) is 39.7 Å². The molecule has 0 atom stereocenters. The Morgan fingerprint density at radius 2 is 1.96 bits per heavy atom. The normalized spacial score (nSPS) is 19.4. The fourth-order valence-electron chi connectivity index (χ4n) is 3.80. The van der Waals surface area contributed by atoms with E-state index < -0.39 is 11.6 Å². The lowest BCUT2D eigenvalue weighted by atomic mass is 9.82. The van der Waals surface area contributed by atoms with Gasteiger partial charge in [0, 0.05) is 18.0 Å². The number of benzene rings is 1. The van der Waals surface area contributed by atoms with Crippen molar-refractivity contribution < 1.29 is 23.8 Å². The van der Waals surface area contributed by atoms with E-state index in [4.69, 9.17) is 14.3 Å². The molecule has 2 aromatic rings. The first kappa shape index (κ1) is 19.9. The minimum atomic E-state index is -0.737. The van der Waals surface area contributed by atoms with Crippen LogP contribution in [0.2, 0.25) is 0 Å². The van der Waals surface area contributed by atoms with Crippen LogP contribution in [0.25, 0.3) is 11.0 Å². The Balaban J connectivity index is 1.63. The van der Waals surface area contributed by atoms with Crippen LogP contribution in [-0.2, 0) is 16.0 Å². The molecule has 7 nitrogen and oxygen atoms in total. The Hall–Kier alpha value is -2.83. The van der Waals surface area contributed by atoms with Crippen LogP contribution in [0, 0.1) is 18.8 Å². The lowest BCUT2D eigenvalue weighted by Gasteiger charge is -2.26. The van der Waals surface area contributed by atoms with E-state index in [0.29, 0.717) is 36.3 Å². The van der Waals surface area contributed by atoms with Crippen molar-refractivity contribution in [1.82, 2.24) is 5.32 Å². The molecule has 7 heteroatoms. The van der Waals surface area contributed by atoms with Gasteiger partial charge in [0.1, 0.15) is 11.3 Å². The molecule has 0 saturated heterocycles. The molecule has 0 spiro atoms. The number of fused-ring (bicyclic) bond motifs is 1. The predicted molar refractivity (Wildman–Crippen MR) is 104 cm³/mol. The van der Waals surface area contributed by atoms with Crippen molar-refractivity contribution >= 4 is 22.8 Å². The molecule has 2 N–H and O–H groups in total. The van der Waals surface area contributed by atoms with E-state index in [1.54, 1.807) is 19.2 Å². The van der Waals surface area contributed by atoms with Gasteiger partial charge >= 0.3 is 11.6 Å². The van der Waals surface area contributed by atoms with E-state index in [2.05, 4.69) is 5.32 Å². The number of carboxylic acids is 1. The Morgan fingerprint density at radius 1 is 1.25 bits per heavy atom. The van der Waals surface area contributed by atoms with Gasteiger partial charge in [-0.2, -0.15) is 0 Å². The Morgan fingerprint density at radius 3 is 2.61 bits per heavy atom. The number of carbonyl (C=O) groups excluding carboxylic acids is 1. The summed E-state index contributed by atoms with van der Waals surface area (Å²) in [6.45, 7) is 2.31. The highest BCUT2D eigenvalue weighted by molar-refractivity contribution is 5.85. The third-order valence-corrected chi connectivity index (χ3v) is 5.62. The average molecular weight is 387 g/mol. The lowest BCUT2D eigenvalue weighted by Crippen LogP contribution is -2.34. The zero-order valence-corrected chi connectivity index (χ0v) is 16.1. The molecule has 1 aliphatic carbocycles. The molecule has 1 heterocycles. The van der Waals surface area contributed by atoms with Gasteiger partial charge in [0.05, 0.1) is 25.0 Å². The number of hydrogen-bond acceptors (Lipinski definition) is 5. The van der Waals surface area contributed by atoms with Crippen LogP contribution in [0.1, 0.15) is 36.8 Å². The monoisotopic (exact) mass is 387 g/mol. The van der Waals surface area contributed by atoms with Crippen LogP contribution in [-0.4, -0.2) is 30.6 Å². The van der Waals surface area contributed by atoms with Crippen molar-refractivity contribution in [2.24, 2.45) is 11.8 Å². The highest BCUT2D eigenvalue weighted by atomic mass is 16.5. The van der Waals surface area contributed by atoms with Crippen LogP contribution in [0.3, 0.4) is 0 Å². The number of methoxy groups -OCH3 is 1. The van der Waals surface area contributed by atoms with Crippen molar-refractivity contribution in [2.45, 2.75) is 39.0 Å². The summed E-state index contributed by atoms with van der Waals surface area (Å²) in [7, 11) is 1.54. The summed E-state index contributed by atoms with van der Waals surface area (Å²) < 4.78 is 10.5. The molecular formula is C21H25NO6. The molecule has 1 fully saturated rings. The first-order valence-corrected chi connectivity index (χ1v) is 9.49. The second-order valence-electron chi connectivity index (χ2n) is 7.39. The standard InChI is InChI=1S/C21H25NO6/c1-12-16-8-7-15(27-2)9-18(16)28-21(26)17(12)10-19(23)22-11-13-3-5-14(6-4-13)20(24)25/h7-9,13-14H,3-6,10-11H2,1-2H3,(H,22,23)(H,24,25). The smallest absolute Gasteiger partial charge is 0.340 e. The number of nitrogens with one attached hydrogen (secondary N) is 1. The molecule has 3 rings (SSSR count). The maximum atomic E-state index is 12.4. The van der Waals surface area contributed by atoms with Crippen molar-refractivity contribution in [1.29, 1.82) is 0 Å². The minimum Gasteiger partial charge on any atom is -0.497 e. The topological polar surface area (TPSA) is 106 Å². The average Bonchev–Trinajstić information content (AvgIpc) is 2.69. The number of aliphatic carboxylic acids is 1. The highest BCUT2D eigenvalue weighted by Crippen LogP contribution is 2.28. The van der Waals surface area contributed by atoms with E-state index in [1.165, 1.54) is 0 Å². The highest BCUT2D eigenvalue weighted by Gasteiger charge is 2.26. The van der Waals surface area contributed by atoms with Gasteiger partial charge in [-0.1, -0.05) is 0 Å². The third-order valence-electron chi connectivity index (χ3n) is 5.62. The maximum Gasteiger partial charge on any atom is 0.340 e. The summed E-state index contributed by atoms with van der Waals surface area (Å²) >= 11 is 0. The molecular weight excluding hydrogens is 362 g/mol. The minimum absolute atomic E-state index is 0.0411. The summed E-state index contributed by atoms with van der Waals surface area (Å²) in [6, 6.07) is 5.25. The third kappa shape index (κ3) is 4.35. The molecule has 1 aliphatic rings. The van der Waals surface area contributed by atoms with Crippen LogP contribution < -0.4 is 15.7 Å². The molecule has 1 amide bonds. The molecule has 28 heavy (non-hydrogen) atoms. The first-order valence-electron chi connectivity index (χ1n) is 9.49. The molecule has 0 aliphatic heterocycles. The van der Waals surface area contributed by atoms with Gasteiger partial charge in [-0.05, 0) is 56.2 Å². The molecule has 150 valence electrons. The molecule has 1 aromatic heterocycles. The Bertz CT molecular complexity index is 940. The molecule has 0 unspecified atom stereocenters. The summed E-state index contributed by atoms with van der Waals surface area (Å²) in [5, 5.41) is 12.7. The predicted octanol–water partition coefficient (Wildman–Crippen LogP) is 2.66. The maximum absolute atomic E-state index is 12.4. The van der Waals surface area contributed by atoms with Gasteiger partial charge in [-0.15, -0.1) is 0 Å². The fourth-order valence-corrected chi connectivity index (χ4v) is 3.80. The van der Waals surface area contributed by atoms with Crippen molar-refractivity contribution in [3.8, 4) is 5.75 Å². The Kier molecular flexibility index (Phi) is 6.02. The largest absolute Gasteiger partial charge is 0.497 e. The Labute approximate surface area is 162 Å². The van der Waals surface area contributed by atoms with Gasteiger partial charge < -0.3 is 19.6 Å². The molecule has 1 saturated carbocycles. The zero-order valence-electron chi connectivity index (χ0n) is 16.1. The van der Waals surface area contributed by atoms with Gasteiger partial charge in [0.15, 0.2) is 0 Å². The van der Waals surface area contributed by atoms with Gasteiger partial charge in [-0.25, -0.2) is 4.79 Å². The summed E-state index contributed by atoms with van der Waals surface area (Å²) in [6.07, 6.45) is 2.83. The number of rotatable bonds is 6. The van der Waals surface area contributed by atoms with Crippen LogP contribution in [0.5, 0.6) is 5.75 Å². The summed E-state index contributed by atoms with van der Waals surface area (Å²) in [5.41, 5.74) is 0.993. The van der Waals surface area contributed by atoms with Crippen molar-refractivity contribution in [2.75, 3.05) is 13.7 Å². The summed E-state index contributed by atoms with van der Waals surface area (Å²) in [4.78, 5) is 35.7. The van der Waals surface area contributed by atoms with E-state index in [-0.39, 0.29) is 24.2 Å². The fraction of sp³-hybridized carbons (Fsp3) is 0.476. The quantitative estimate of drug-likeness (QED) is 0.738. The number of carbonyl (C=O) groups is 2. The second-order valence-corrected chi connectivity index (χ2v) is 7.39. The lowest BCUT2D eigenvalue weighted by molar-refractivity contribution is -0.143. The van der Waals surface area contributed by atoms with E-state index in [0.717, 1.165) is 23.8 Å². The second kappa shape index (κ2) is 8.46.